The van der Waals surface area contributed by atoms with Gasteiger partial charge in [-0.3, -0.25) is 19.4 Å². The predicted octanol–water partition coefficient (Wildman–Crippen LogP) is 10.2. The minimum atomic E-state index is -0.239. The van der Waals surface area contributed by atoms with E-state index < -0.39 is 0 Å². The molecule has 4 heterocycles. The van der Waals surface area contributed by atoms with Crippen LogP contribution in [0.5, 0.6) is 0 Å². The molecule has 0 atom stereocenters. The summed E-state index contributed by atoms with van der Waals surface area (Å²) in [6.45, 7) is 25.3. The van der Waals surface area contributed by atoms with Crippen LogP contribution in [0, 0.1) is 22.7 Å². The molecule has 4 aromatic carbocycles. The molecule has 0 unspecified atom stereocenters. The third-order valence-corrected chi connectivity index (χ3v) is 18.1. The molecule has 4 aliphatic heterocycles. The second kappa shape index (κ2) is 20.3. The maximum atomic E-state index is 13.9. The molecule has 4 aliphatic carbocycles. The lowest BCUT2D eigenvalue weighted by atomic mass is 9.68. The highest BCUT2D eigenvalue weighted by Gasteiger charge is 2.45. The number of ether oxygens (including phenoxy) is 2. The summed E-state index contributed by atoms with van der Waals surface area (Å²) in [5.74, 6) is 0.296. The van der Waals surface area contributed by atoms with E-state index >= 15 is 0 Å². The van der Waals surface area contributed by atoms with Crippen LogP contribution in [0.1, 0.15) is 144 Å². The maximum absolute atomic E-state index is 13.9. The number of aryl methyl sites for hydroxylation is 2. The largest absolute Gasteiger partial charge is 0.379 e. The Bertz CT molecular complexity index is 2810. The highest BCUT2D eigenvalue weighted by atomic mass is 35.5. The molecule has 12 rings (SSSR count). The number of anilines is 2. The number of ketones is 2. The Balaban J connectivity index is 0.000000165. The summed E-state index contributed by atoms with van der Waals surface area (Å²) in [5.41, 5.74) is 18.4. The molecule has 73 heavy (non-hydrogen) atoms. The second-order valence-electron chi connectivity index (χ2n) is 22.4. The lowest BCUT2D eigenvalue weighted by Gasteiger charge is -2.42. The van der Waals surface area contributed by atoms with Crippen molar-refractivity contribution in [1.29, 1.82) is 10.5 Å². The van der Waals surface area contributed by atoms with E-state index in [1.807, 2.05) is 36.4 Å². The lowest BCUT2D eigenvalue weighted by molar-refractivity contribution is 0.0115. The zero-order valence-electron chi connectivity index (χ0n) is 43.8. The van der Waals surface area contributed by atoms with Gasteiger partial charge in [-0.1, -0.05) is 53.7 Å². The fourth-order valence-corrected chi connectivity index (χ4v) is 13.8. The second-order valence-corrected chi connectivity index (χ2v) is 22.4. The van der Waals surface area contributed by atoms with Gasteiger partial charge in [0.1, 0.15) is 0 Å². The van der Waals surface area contributed by atoms with Gasteiger partial charge in [0.05, 0.1) is 49.7 Å². The Morgan fingerprint density at radius 1 is 0.534 bits per heavy atom. The zero-order valence-corrected chi connectivity index (χ0v) is 44.6. The number of nitriles is 2. The highest BCUT2D eigenvalue weighted by molar-refractivity contribution is 6.34. The molecule has 0 radical (unpaired) electrons. The molecule has 11 heteroatoms. The average molecular weight is 1000 g/mol. The first-order chi connectivity index (χ1) is 34.8. The van der Waals surface area contributed by atoms with Crippen molar-refractivity contribution in [1.82, 2.24) is 9.80 Å². The number of hydrogen-bond acceptors (Lipinski definition) is 10. The molecule has 4 aromatic rings. The molecule has 0 bridgehead atoms. The number of morpholine rings is 2. The number of nitrogens with zero attached hydrogens (tertiary/aromatic N) is 6. The number of halogens is 1. The number of Topliss-reactive ketones (excluding diaryl/α,β-unsaturated/α-hetero) is 2. The van der Waals surface area contributed by atoms with Gasteiger partial charge < -0.3 is 19.3 Å². The molecule has 0 saturated carbocycles. The van der Waals surface area contributed by atoms with E-state index in [0.29, 0.717) is 23.2 Å². The number of benzene rings is 4. The smallest absolute Gasteiger partial charge is 0.193 e. The monoisotopic (exact) mass is 999 g/mol. The van der Waals surface area contributed by atoms with Crippen molar-refractivity contribution >= 4 is 46.5 Å². The molecule has 0 N–H and O–H groups in total. The molecular formula is C62H71ClN6O4. The first kappa shape index (κ1) is 50.9. The predicted molar refractivity (Wildman–Crippen MR) is 292 cm³/mol. The fraction of sp³-hybridized carbons (Fsp3) is 0.484. The van der Waals surface area contributed by atoms with Crippen molar-refractivity contribution in [2.75, 3.05) is 88.6 Å². The van der Waals surface area contributed by atoms with Crippen molar-refractivity contribution in [2.24, 2.45) is 0 Å². The summed E-state index contributed by atoms with van der Waals surface area (Å²) < 4.78 is 11.1. The van der Waals surface area contributed by atoms with Crippen molar-refractivity contribution < 1.29 is 19.1 Å². The van der Waals surface area contributed by atoms with Gasteiger partial charge in [0, 0.05) is 109 Å². The summed E-state index contributed by atoms with van der Waals surface area (Å²) in [4.78, 5) is 38.2. The van der Waals surface area contributed by atoms with Gasteiger partial charge in [-0.15, -0.1) is 12.4 Å². The summed E-state index contributed by atoms with van der Waals surface area (Å²) in [5, 5.41) is 18.8. The summed E-state index contributed by atoms with van der Waals surface area (Å²) in [6.07, 6.45) is 8.01. The van der Waals surface area contributed by atoms with Crippen molar-refractivity contribution in [3.8, 4) is 12.1 Å². The van der Waals surface area contributed by atoms with Gasteiger partial charge in [-0.2, -0.15) is 10.5 Å². The number of rotatable bonds is 6. The summed E-state index contributed by atoms with van der Waals surface area (Å²) in [6, 6.07) is 26.4. The SMILES string of the molecule is CCc1cc2c(cc1N1CCC(N3CCOCC3)CC1)C(C)(C)C1=C(C2=O)c2ccc(C#N)cc2C1.CCc1cc2c(cc1N1CCC(N3CCOCC3)CC1)C(C)(C)C1=C(C2=O)c2ccc(C#N)cc2C1.Cl. The number of allylic oxidation sites excluding steroid dienone is 4. The molecule has 4 saturated heterocycles. The molecule has 0 spiro atoms. The van der Waals surface area contributed by atoms with Crippen molar-refractivity contribution in [2.45, 2.75) is 116 Å². The van der Waals surface area contributed by atoms with Gasteiger partial charge in [0.25, 0.3) is 0 Å². The van der Waals surface area contributed by atoms with E-state index in [-0.39, 0.29) is 34.8 Å². The van der Waals surface area contributed by atoms with Crippen LogP contribution in [0.15, 0.2) is 71.8 Å². The molecule has 8 aliphatic rings. The van der Waals surface area contributed by atoms with Crippen LogP contribution in [0.3, 0.4) is 0 Å². The van der Waals surface area contributed by atoms with Gasteiger partial charge in [0.2, 0.25) is 0 Å². The van der Waals surface area contributed by atoms with Crippen molar-refractivity contribution in [3.63, 3.8) is 0 Å². The van der Waals surface area contributed by atoms with Gasteiger partial charge >= 0.3 is 0 Å². The quantitative estimate of drug-likeness (QED) is 0.185. The van der Waals surface area contributed by atoms with E-state index in [2.05, 4.69) is 97.5 Å². The molecule has 380 valence electrons. The molecule has 4 fully saturated rings. The first-order valence-corrected chi connectivity index (χ1v) is 27.0. The van der Waals surface area contributed by atoms with Crippen LogP contribution in [-0.2, 0) is 46.0 Å². The highest BCUT2D eigenvalue weighted by Crippen LogP contribution is 2.53. The Morgan fingerprint density at radius 2 is 0.904 bits per heavy atom. The van der Waals surface area contributed by atoms with Crippen LogP contribution >= 0.6 is 12.4 Å². The fourth-order valence-electron chi connectivity index (χ4n) is 13.8. The molecule has 0 aromatic heterocycles. The van der Waals surface area contributed by atoms with Crippen molar-refractivity contribution in [3.05, 3.63) is 139 Å². The van der Waals surface area contributed by atoms with Crippen LogP contribution in [-0.4, -0.2) is 112 Å². The summed E-state index contributed by atoms with van der Waals surface area (Å²) >= 11 is 0. The third-order valence-electron chi connectivity index (χ3n) is 18.1. The number of carbonyl (C=O) groups excluding carboxylic acids is 2. The Kier molecular flexibility index (Phi) is 14.1. The molecule has 0 amide bonds. The lowest BCUT2D eigenvalue weighted by Crippen LogP contribution is -2.49. The average Bonchev–Trinajstić information content (AvgIpc) is 4.02. The third kappa shape index (κ3) is 8.85. The van der Waals surface area contributed by atoms with E-state index in [9.17, 15) is 20.1 Å². The topological polar surface area (TPSA) is 113 Å². The number of fused-ring (bicyclic) bond motifs is 6. The van der Waals surface area contributed by atoms with Gasteiger partial charge in [0.15, 0.2) is 11.6 Å². The van der Waals surface area contributed by atoms with Crippen LogP contribution in [0.2, 0.25) is 0 Å². The molecular weight excluding hydrogens is 928 g/mol. The van der Waals surface area contributed by atoms with Gasteiger partial charge in [-0.25, -0.2) is 0 Å². The van der Waals surface area contributed by atoms with Crippen LogP contribution in [0.4, 0.5) is 11.4 Å². The van der Waals surface area contributed by atoms with Crippen LogP contribution < -0.4 is 9.80 Å². The number of piperidine rings is 2. The minimum Gasteiger partial charge on any atom is -0.379 e. The van der Waals surface area contributed by atoms with E-state index in [4.69, 9.17) is 9.47 Å². The Labute approximate surface area is 439 Å². The minimum absolute atomic E-state index is 0. The maximum Gasteiger partial charge on any atom is 0.193 e. The standard InChI is InChI=1S/2C31H35N3O2.ClH/c2*1-4-21-16-25-26(18-28(21)34-9-7-23(8-10-34)33-11-13-36-14-12-33)31(2,3)27-17-22-15-20(19-32)5-6-24(22)29(27)30(25)35;/h2*5-6,15-16,18,23H,4,7-14,17H2,1-3H3;1H. The number of carbonyl (C=O) groups is 2. The first-order valence-electron chi connectivity index (χ1n) is 27.0. The molecule has 10 nitrogen and oxygen atoms in total. The van der Waals surface area contributed by atoms with Crippen LogP contribution in [0.25, 0.3) is 11.1 Å². The summed E-state index contributed by atoms with van der Waals surface area (Å²) in [7, 11) is 0. The Morgan fingerprint density at radius 3 is 1.25 bits per heavy atom. The number of hydrogen-bond donors (Lipinski definition) is 0. The van der Waals surface area contributed by atoms with E-state index in [1.165, 1.54) is 59.3 Å². The van der Waals surface area contributed by atoms with E-state index in [1.54, 1.807) is 0 Å². The van der Waals surface area contributed by atoms with E-state index in [0.717, 1.165) is 160 Å². The van der Waals surface area contributed by atoms with Gasteiger partial charge in [-0.05, 0) is 156 Å². The Hall–Kier alpha value is -5.59. The normalized spacial score (nSPS) is 21.4. The zero-order chi connectivity index (χ0) is 50.1.